The van der Waals surface area contributed by atoms with Crippen LogP contribution >= 0.6 is 39.1 Å². The quantitative estimate of drug-likeness (QED) is 0.800. The van der Waals surface area contributed by atoms with Crippen LogP contribution in [0.3, 0.4) is 0 Å². The van der Waals surface area contributed by atoms with Crippen LogP contribution < -0.4 is 5.32 Å². The average Bonchev–Trinajstić information content (AvgIpc) is 2.72. The molecule has 0 aliphatic heterocycles. The van der Waals surface area contributed by atoms with E-state index in [2.05, 4.69) is 21.0 Å². The summed E-state index contributed by atoms with van der Waals surface area (Å²) in [6, 6.07) is 4.85. The van der Waals surface area contributed by atoms with Gasteiger partial charge in [0.15, 0.2) is 5.82 Å². The number of halogens is 6. The highest BCUT2D eigenvalue weighted by molar-refractivity contribution is 9.10. The monoisotopic (exact) mass is 415 g/mol. The van der Waals surface area contributed by atoms with E-state index in [1.54, 1.807) is 23.5 Å². The van der Waals surface area contributed by atoms with E-state index in [1.165, 1.54) is 10.9 Å². The number of nitrogens with one attached hydrogen (secondary N) is 1. The minimum Gasteiger partial charge on any atom is -0.300 e. The molecule has 22 heavy (non-hydrogen) atoms. The first kappa shape index (κ1) is 17.1. The van der Waals surface area contributed by atoms with Crippen molar-refractivity contribution >= 4 is 50.9 Å². The Balaban J connectivity index is 2.17. The Morgan fingerprint density at radius 1 is 1.36 bits per heavy atom. The maximum absolute atomic E-state index is 12.2. The molecule has 0 unspecified atom stereocenters. The first-order valence-corrected chi connectivity index (χ1v) is 7.27. The van der Waals surface area contributed by atoms with Crippen LogP contribution in [0.15, 0.2) is 28.9 Å². The van der Waals surface area contributed by atoms with Crippen LogP contribution in [0.4, 0.5) is 19.0 Å². The topological polar surface area (TPSA) is 46.9 Å². The first-order chi connectivity index (χ1) is 10.2. The van der Waals surface area contributed by atoms with Gasteiger partial charge in [0, 0.05) is 16.2 Å². The molecule has 0 saturated carbocycles. The molecule has 0 saturated heterocycles. The normalized spacial score (nSPS) is 11.5. The van der Waals surface area contributed by atoms with Crippen molar-refractivity contribution in [2.24, 2.45) is 0 Å². The van der Waals surface area contributed by atoms with Crippen molar-refractivity contribution < 1.29 is 18.0 Å². The molecule has 1 aromatic heterocycles. The highest BCUT2D eigenvalue weighted by Crippen LogP contribution is 2.26. The van der Waals surface area contributed by atoms with Gasteiger partial charge in [0.25, 0.3) is 0 Å². The van der Waals surface area contributed by atoms with Gasteiger partial charge < -0.3 is 5.32 Å². The molecule has 0 radical (unpaired) electrons. The molecular weight excluding hydrogens is 410 g/mol. The van der Waals surface area contributed by atoms with Crippen molar-refractivity contribution in [3.63, 3.8) is 0 Å². The van der Waals surface area contributed by atoms with Crippen LogP contribution in [0.5, 0.6) is 0 Å². The number of amides is 1. The third-order valence-corrected chi connectivity index (χ3v) is 3.72. The van der Waals surface area contributed by atoms with Gasteiger partial charge in [0.05, 0.1) is 11.0 Å². The SMILES string of the molecule is O=C(Nc1nn(Cc2ccc(Cl)cc2Cl)cc1Br)C(F)(F)F. The third-order valence-electron chi connectivity index (χ3n) is 2.55. The molecule has 4 nitrogen and oxygen atoms in total. The number of benzene rings is 1. The van der Waals surface area contributed by atoms with Gasteiger partial charge in [-0.1, -0.05) is 29.3 Å². The standard InChI is InChI=1S/C12H7BrCl2F3N3O/c13-8-5-21(4-6-1-2-7(14)3-9(6)15)20-10(8)19-11(22)12(16,17)18/h1-3,5H,4H2,(H,19,20,22). The largest absolute Gasteiger partial charge is 0.471 e. The number of carbonyl (C=O) groups is 1. The predicted molar refractivity (Wildman–Crippen MR) is 80.2 cm³/mol. The van der Waals surface area contributed by atoms with Crippen molar-refractivity contribution in [1.29, 1.82) is 0 Å². The lowest BCUT2D eigenvalue weighted by Gasteiger charge is -2.06. The third kappa shape index (κ3) is 4.15. The highest BCUT2D eigenvalue weighted by atomic mass is 79.9. The molecule has 0 fully saturated rings. The van der Waals surface area contributed by atoms with Gasteiger partial charge in [0.2, 0.25) is 0 Å². The fraction of sp³-hybridized carbons (Fsp3) is 0.167. The van der Waals surface area contributed by atoms with Crippen LogP contribution in [0, 0.1) is 0 Å². The van der Waals surface area contributed by atoms with E-state index in [0.717, 1.165) is 0 Å². The number of alkyl halides is 3. The maximum Gasteiger partial charge on any atom is 0.471 e. The van der Waals surface area contributed by atoms with Crippen molar-refractivity contribution in [3.05, 3.63) is 44.5 Å². The average molecular weight is 417 g/mol. The number of rotatable bonds is 3. The molecule has 2 aromatic rings. The van der Waals surface area contributed by atoms with Gasteiger partial charge in [-0.2, -0.15) is 18.3 Å². The minimum atomic E-state index is -4.98. The van der Waals surface area contributed by atoms with E-state index < -0.39 is 12.1 Å². The predicted octanol–water partition coefficient (Wildman–Crippen LogP) is 4.50. The molecule has 1 heterocycles. The van der Waals surface area contributed by atoms with E-state index in [0.29, 0.717) is 15.6 Å². The van der Waals surface area contributed by atoms with Crippen molar-refractivity contribution in [1.82, 2.24) is 9.78 Å². The second kappa shape index (κ2) is 6.47. The highest BCUT2D eigenvalue weighted by Gasteiger charge is 2.39. The Morgan fingerprint density at radius 3 is 2.64 bits per heavy atom. The molecule has 1 amide bonds. The molecule has 2 rings (SSSR count). The van der Waals surface area contributed by atoms with Crippen LogP contribution in [0.25, 0.3) is 0 Å². The molecular formula is C12H7BrCl2F3N3O. The van der Waals surface area contributed by atoms with Gasteiger partial charge >= 0.3 is 12.1 Å². The molecule has 1 aromatic carbocycles. The lowest BCUT2D eigenvalue weighted by Crippen LogP contribution is -2.30. The van der Waals surface area contributed by atoms with E-state index in [1.807, 2.05) is 0 Å². The molecule has 1 N–H and O–H groups in total. The van der Waals surface area contributed by atoms with Crippen LogP contribution in [-0.4, -0.2) is 21.9 Å². The fourth-order valence-corrected chi connectivity index (χ4v) is 2.45. The zero-order chi connectivity index (χ0) is 16.5. The molecule has 0 bridgehead atoms. The van der Waals surface area contributed by atoms with Gasteiger partial charge in [-0.25, -0.2) is 0 Å². The number of carbonyl (C=O) groups excluding carboxylic acids is 1. The van der Waals surface area contributed by atoms with Gasteiger partial charge in [0.1, 0.15) is 0 Å². The first-order valence-electron chi connectivity index (χ1n) is 5.72. The van der Waals surface area contributed by atoms with E-state index in [9.17, 15) is 18.0 Å². The Labute approximate surface area is 141 Å². The zero-order valence-corrected chi connectivity index (χ0v) is 13.7. The Kier molecular flexibility index (Phi) is 5.03. The summed E-state index contributed by atoms with van der Waals surface area (Å²) >= 11 is 14.8. The number of aromatic nitrogens is 2. The van der Waals surface area contributed by atoms with Crippen molar-refractivity contribution in [2.45, 2.75) is 12.7 Å². The Bertz CT molecular complexity index is 718. The lowest BCUT2D eigenvalue weighted by molar-refractivity contribution is -0.167. The summed E-state index contributed by atoms with van der Waals surface area (Å²) in [6.45, 7) is 0.205. The van der Waals surface area contributed by atoms with Crippen LogP contribution in [0.2, 0.25) is 10.0 Å². The summed E-state index contributed by atoms with van der Waals surface area (Å²) in [7, 11) is 0. The second-order valence-corrected chi connectivity index (χ2v) is 5.91. The zero-order valence-electron chi connectivity index (χ0n) is 10.6. The van der Waals surface area contributed by atoms with E-state index in [-0.39, 0.29) is 16.8 Å². The van der Waals surface area contributed by atoms with Gasteiger partial charge in [-0.05, 0) is 33.6 Å². The summed E-state index contributed by atoms with van der Waals surface area (Å²) in [5, 5.41) is 6.42. The molecule has 0 aliphatic carbocycles. The smallest absolute Gasteiger partial charge is 0.300 e. The molecule has 0 spiro atoms. The Morgan fingerprint density at radius 2 is 2.05 bits per heavy atom. The minimum absolute atomic E-state index is 0.205. The number of nitrogens with zero attached hydrogens (tertiary/aromatic N) is 2. The van der Waals surface area contributed by atoms with Gasteiger partial charge in [-0.3, -0.25) is 9.48 Å². The Hall–Kier alpha value is -1.25. The van der Waals surface area contributed by atoms with E-state index >= 15 is 0 Å². The maximum atomic E-state index is 12.2. The summed E-state index contributed by atoms with van der Waals surface area (Å²) in [6.07, 6.45) is -3.56. The number of hydrogen-bond donors (Lipinski definition) is 1. The molecule has 0 aliphatic rings. The number of hydrogen-bond acceptors (Lipinski definition) is 2. The van der Waals surface area contributed by atoms with Crippen molar-refractivity contribution in [3.8, 4) is 0 Å². The molecule has 10 heteroatoms. The molecule has 0 atom stereocenters. The van der Waals surface area contributed by atoms with Crippen LogP contribution in [-0.2, 0) is 11.3 Å². The fourth-order valence-electron chi connectivity index (χ4n) is 1.57. The lowest BCUT2D eigenvalue weighted by atomic mass is 10.2. The second-order valence-electron chi connectivity index (χ2n) is 4.21. The van der Waals surface area contributed by atoms with Crippen molar-refractivity contribution in [2.75, 3.05) is 5.32 Å². The summed E-state index contributed by atoms with van der Waals surface area (Å²) < 4.78 is 38.2. The van der Waals surface area contributed by atoms with Crippen LogP contribution in [0.1, 0.15) is 5.56 Å². The van der Waals surface area contributed by atoms with Gasteiger partial charge in [-0.15, -0.1) is 0 Å². The summed E-state index contributed by atoms with van der Waals surface area (Å²) in [4.78, 5) is 10.9. The van der Waals surface area contributed by atoms with E-state index in [4.69, 9.17) is 23.2 Å². The summed E-state index contributed by atoms with van der Waals surface area (Å²) in [5.41, 5.74) is 0.676. The molecule has 118 valence electrons. The number of anilines is 1. The summed E-state index contributed by atoms with van der Waals surface area (Å²) in [5.74, 6) is -2.32.